The van der Waals surface area contributed by atoms with Gasteiger partial charge in [0.25, 0.3) is 0 Å². The Bertz CT molecular complexity index is 2580. The molecule has 59 heavy (non-hydrogen) atoms. The van der Waals surface area contributed by atoms with Gasteiger partial charge in [-0.05, 0) is 152 Å². The van der Waals surface area contributed by atoms with Crippen molar-refractivity contribution in [1.29, 1.82) is 1.34 Å². The molecule has 7 fully saturated rings. The summed E-state index contributed by atoms with van der Waals surface area (Å²) in [6, 6.07) is -5.85. The lowest BCUT2D eigenvalue weighted by Crippen LogP contribution is -2.65. The maximum absolute atomic E-state index is 11.9. The van der Waals surface area contributed by atoms with Gasteiger partial charge in [-0.3, -0.25) is 0 Å². The first-order valence-corrected chi connectivity index (χ1v) is 19.4. The van der Waals surface area contributed by atoms with E-state index in [1.807, 2.05) is 5.32 Å². The number of esters is 1. The van der Waals surface area contributed by atoms with Crippen molar-refractivity contribution in [3.8, 4) is 0 Å². The summed E-state index contributed by atoms with van der Waals surface area (Å²) in [5, 5.41) is 11.8. The van der Waals surface area contributed by atoms with Crippen LogP contribution in [0.4, 0.5) is 18.0 Å². The van der Waals surface area contributed by atoms with Crippen molar-refractivity contribution in [1.82, 2.24) is 5.32 Å². The van der Waals surface area contributed by atoms with Gasteiger partial charge in [-0.15, -0.1) is 0 Å². The first-order chi connectivity index (χ1) is 38.3. The van der Waals surface area contributed by atoms with Crippen molar-refractivity contribution in [2.45, 2.75) is 176 Å². The zero-order valence-electron chi connectivity index (χ0n) is 63.2. The fourth-order valence-electron chi connectivity index (χ4n) is 9.14. The van der Waals surface area contributed by atoms with E-state index in [-0.39, 0.29) is 0 Å². The minimum Gasteiger partial charge on any atom is -0.453 e. The largest absolute Gasteiger partial charge is 0.453 e. The van der Waals surface area contributed by atoms with E-state index in [2.05, 4.69) is 45.9 Å². The van der Waals surface area contributed by atoms with Crippen LogP contribution in [-0.4, -0.2) is 62.9 Å². The van der Waals surface area contributed by atoms with Gasteiger partial charge in [0.05, 0.1) is 23.5 Å². The minimum atomic E-state index is -4.46. The quantitative estimate of drug-likeness (QED) is 0.0806. The first kappa shape index (κ1) is 23.8. The van der Waals surface area contributed by atoms with Crippen molar-refractivity contribution in [3.05, 3.63) is 49.0 Å². The van der Waals surface area contributed by atoms with Crippen LogP contribution >= 0.6 is 0 Å². The maximum atomic E-state index is 11.9. The lowest BCUT2D eigenvalue weighted by atomic mass is 9.32. The molecule has 0 heterocycles. The van der Waals surface area contributed by atoms with Crippen LogP contribution in [0.5, 0.6) is 0 Å². The lowest BCUT2D eigenvalue weighted by Gasteiger charge is -2.72. The number of allylic oxidation sites excluding steroid dienone is 3. The molecule has 0 aromatic heterocycles. The number of carbonyl (C=O) groups excluding carboxylic acids is 2. The number of nitrogens with two attached hydrogens (primary N) is 1. The number of nitrogens with one attached hydrogen (secondary N) is 1. The van der Waals surface area contributed by atoms with Crippen LogP contribution in [0.15, 0.2) is 49.0 Å². The molecule has 0 aromatic carbocycles. The Hall–Kier alpha value is -2.53. The predicted octanol–water partition coefficient (Wildman–Crippen LogP) is 11.2. The van der Waals surface area contributed by atoms with Crippen LogP contribution in [0.3, 0.4) is 0 Å². The van der Waals surface area contributed by atoms with Gasteiger partial charge in [-0.1, -0.05) is 96.6 Å². The molecule has 1 amide bonds. The number of ether oxygens (including phenoxy) is 2. The molecule has 8 aliphatic carbocycles. The van der Waals surface area contributed by atoms with E-state index >= 15 is 0 Å². The number of fused-ring (bicyclic) bond motifs is 5. The summed E-state index contributed by atoms with van der Waals surface area (Å²) in [4.78, 5) is 21.9. The molecular formula is C48H81BF3N2O5. The highest BCUT2D eigenvalue weighted by Gasteiger charge is 2.66. The third-order valence-corrected chi connectivity index (χ3v) is 12.3. The molecule has 0 spiro atoms. The second kappa shape index (κ2) is 22.0. The second-order valence-electron chi connectivity index (χ2n) is 17.5. The third-order valence-electron chi connectivity index (χ3n) is 12.3. The zero-order chi connectivity index (χ0) is 69.2. The number of aliphatic hydroxyl groups is 1. The topological polar surface area (TPSA) is 111 Å². The number of hydrogen-bond donors (Lipinski definition) is 3. The SMILES string of the molecule is C=CC(=O)OCC(F)(F)F.[2H]C([2H])([2H])[C@]1([2H])C([2H])([2H])C[C@@H](N)C([2H])([2H])[C@@]1([2H])O.[2H]C([2H])=C([2H])C(=C([2H])[2H])C([2H])([2H])[2H].[2H]C1=C(C([2H])([2H])[2H])C([2H])([2H])C([2H])([2H])[C@@H](NC(=O)OC(C)(C)C)C1([2H])[2H].[2H][B][C@H]1C[C@H]2C[C@@H]([C@@H]1C)C2(C)C1C[C@H]2C[C@@H]([C@@H]1C)C2(C)C. The summed E-state index contributed by atoms with van der Waals surface area (Å²) >= 11 is 0. The highest BCUT2D eigenvalue weighted by atomic mass is 19.4. The molecular weight excluding hydrogens is 752 g/mol. The molecule has 7 saturated carbocycles. The number of rotatable bonds is 6. The van der Waals surface area contributed by atoms with E-state index in [1.165, 1.54) is 46.5 Å². The van der Waals surface area contributed by atoms with Crippen molar-refractivity contribution in [3.63, 3.8) is 0 Å². The summed E-state index contributed by atoms with van der Waals surface area (Å²) < 4.78 is 249. The van der Waals surface area contributed by atoms with E-state index in [4.69, 9.17) is 48.8 Å². The fourth-order valence-corrected chi connectivity index (χ4v) is 9.14. The van der Waals surface area contributed by atoms with Crippen LogP contribution in [-0.2, 0) is 14.3 Å². The number of alkyl halides is 3. The fraction of sp³-hybridized carbons (Fsp3) is 0.792. The number of alkyl carbamates (subject to hydrolysis) is 1. The summed E-state index contributed by atoms with van der Waals surface area (Å²) in [6.45, 7) is 7.20. The molecule has 0 saturated heterocycles. The van der Waals surface area contributed by atoms with E-state index < -0.39 is 150 Å². The van der Waals surface area contributed by atoms with Crippen molar-refractivity contribution in [2.24, 2.45) is 63.9 Å². The smallest absolute Gasteiger partial charge is 0.422 e. The molecule has 0 aromatic rings. The molecule has 7 nitrogen and oxygen atoms in total. The standard InChI is InChI=1S/C19H32B.C12H21NO2.C7H15NO.C5H5F3O2.C5H8/c1-10-14-6-12(18(14,3)4)7-15(10)19(5)13-8-16(19)11(2)17(20)9-13;1-9-5-7-10(8-6-9)13-11(14)15-12(2,3)4;1-5-2-3-6(8)4-7(5)9;1-2-4(9)10-3-5(6,7)8;1-4-5(2)3/h10-17,20H,6-9H2,1-5H3;5,10H,6-8H2,1-4H3,(H,13,14);5-7,9H,2-4,8H2,1H3;2H,1,3H2;4H,1-2H2,3H3/t10-,11-,12+,13+,14-,15?,16-,17-,19?;10-;5-,6-,7-;;/m001../s1/i20D;1D3,5D,6D2,7D2,8D2;1D3,2D2,4D2,5D,7D;;1D2,2D2,3D3,4D. The van der Waals surface area contributed by atoms with Gasteiger partial charge < -0.3 is 25.6 Å². The zero-order valence-corrected chi connectivity index (χ0v) is 35.2. The Kier molecular flexibility index (Phi) is 8.88. The Morgan fingerprint density at radius 3 is 2.36 bits per heavy atom. The number of carbonyl (C=O) groups is 2. The highest BCUT2D eigenvalue weighted by Crippen LogP contribution is 2.74. The van der Waals surface area contributed by atoms with E-state index in [1.54, 1.807) is 7.81 Å². The van der Waals surface area contributed by atoms with Gasteiger partial charge in [-0.2, -0.15) is 13.2 Å². The van der Waals surface area contributed by atoms with Gasteiger partial charge in [0.15, 0.2) is 6.61 Å². The van der Waals surface area contributed by atoms with E-state index in [0.29, 0.717) is 22.7 Å². The normalized spacial score (nSPS) is 50.5. The molecule has 4 N–H and O–H groups in total. The molecule has 11 heteroatoms. The van der Waals surface area contributed by atoms with Crippen LogP contribution in [0.2, 0.25) is 5.82 Å². The van der Waals surface area contributed by atoms with E-state index in [0.717, 1.165) is 41.4 Å². The summed E-state index contributed by atoms with van der Waals surface area (Å²) in [7, 11) is 1.76. The summed E-state index contributed by atoms with van der Waals surface area (Å²) in [6.07, 6.45) is -18.5. The molecule has 0 aliphatic heterocycles. The minimum absolute atomic E-state index is 0.576. The van der Waals surface area contributed by atoms with Crippen LogP contribution in [0.1, 0.15) is 177 Å². The van der Waals surface area contributed by atoms with Crippen molar-refractivity contribution >= 4 is 19.9 Å². The molecule has 337 valence electrons. The lowest BCUT2D eigenvalue weighted by molar-refractivity contribution is -0.227. The highest BCUT2D eigenvalue weighted by molar-refractivity contribution is 6.12. The molecule has 1 radical (unpaired) electrons. The van der Waals surface area contributed by atoms with Gasteiger partial charge in [-0.25, -0.2) is 9.59 Å². The maximum Gasteiger partial charge on any atom is 0.422 e. The van der Waals surface area contributed by atoms with E-state index in [9.17, 15) is 27.9 Å². The second-order valence-corrected chi connectivity index (χ2v) is 17.5. The monoisotopic (exact) mass is 862 g/mol. The van der Waals surface area contributed by atoms with Crippen LogP contribution in [0.25, 0.3) is 0 Å². The third kappa shape index (κ3) is 15.4. The van der Waals surface area contributed by atoms with Crippen LogP contribution in [0, 0.1) is 58.1 Å². The predicted molar refractivity (Wildman–Crippen MR) is 237 cm³/mol. The molecule has 8 aliphatic rings. The average Bonchev–Trinajstić information content (AvgIpc) is 0.779. The Morgan fingerprint density at radius 1 is 1.17 bits per heavy atom. The summed E-state index contributed by atoms with van der Waals surface area (Å²) in [5.74, 6) is 2.60. The Morgan fingerprint density at radius 2 is 1.85 bits per heavy atom. The first-order valence-electron chi connectivity index (χ1n) is 33.5. The van der Waals surface area contributed by atoms with Gasteiger partial charge in [0.1, 0.15) is 5.60 Å². The van der Waals surface area contributed by atoms with Crippen LogP contribution < -0.4 is 11.1 Å². The number of halogens is 3. The molecule has 4 bridgehead atoms. The van der Waals surface area contributed by atoms with Gasteiger partial charge in [0, 0.05) is 45.6 Å². The molecule has 13 atom stereocenters. The van der Waals surface area contributed by atoms with Crippen molar-refractivity contribution < 1.29 is 74.4 Å². The molecule has 2 unspecified atom stereocenters. The summed E-state index contributed by atoms with van der Waals surface area (Å²) in [5.41, 5.74) is 3.50. The van der Waals surface area contributed by atoms with Gasteiger partial charge in [0.2, 0.25) is 0 Å². The Labute approximate surface area is 396 Å². The average molecular weight is 862 g/mol. The van der Waals surface area contributed by atoms with Crippen molar-refractivity contribution in [2.75, 3.05) is 6.61 Å². The number of hydrogen-bond acceptors (Lipinski definition) is 6. The number of amides is 1. The van der Waals surface area contributed by atoms with Gasteiger partial charge >= 0.3 is 18.2 Å². The molecule has 8 rings (SSSR count). The Balaban J connectivity index is 0.000000383.